The predicted molar refractivity (Wildman–Crippen MR) is 91.4 cm³/mol. The molecule has 5 nitrogen and oxygen atoms in total. The van der Waals surface area contributed by atoms with Crippen LogP contribution in [-0.4, -0.2) is 61.8 Å². The predicted octanol–water partition coefficient (Wildman–Crippen LogP) is 1.53. The van der Waals surface area contributed by atoms with Crippen molar-refractivity contribution in [3.8, 4) is 0 Å². The number of nitrogens with one attached hydrogen (secondary N) is 2. The van der Waals surface area contributed by atoms with E-state index in [0.29, 0.717) is 12.3 Å². The van der Waals surface area contributed by atoms with E-state index in [1.807, 2.05) is 0 Å². The van der Waals surface area contributed by atoms with Crippen molar-refractivity contribution >= 4 is 5.91 Å². The smallest absolute Gasteiger partial charge is 0.220 e. The van der Waals surface area contributed by atoms with Crippen molar-refractivity contribution in [3.63, 3.8) is 0 Å². The Morgan fingerprint density at radius 1 is 1.35 bits per heavy atom. The van der Waals surface area contributed by atoms with Crippen molar-refractivity contribution in [1.29, 1.82) is 0 Å². The van der Waals surface area contributed by atoms with Crippen LogP contribution in [0.5, 0.6) is 0 Å². The first kappa shape index (κ1) is 17.2. The third-order valence-corrected chi connectivity index (χ3v) is 6.24. The molecule has 0 radical (unpaired) electrons. The average Bonchev–Trinajstić information content (AvgIpc) is 3.26. The first-order valence-corrected chi connectivity index (χ1v) is 9.53. The molecule has 0 aromatic rings. The van der Waals surface area contributed by atoms with Gasteiger partial charge in [0.1, 0.15) is 0 Å². The third-order valence-electron chi connectivity index (χ3n) is 6.24. The molecule has 5 heteroatoms. The van der Waals surface area contributed by atoms with Gasteiger partial charge in [0.05, 0.1) is 13.2 Å². The molecule has 132 valence electrons. The van der Waals surface area contributed by atoms with Crippen molar-refractivity contribution in [2.45, 2.75) is 63.5 Å². The number of carbonyl (C=O) groups is 1. The molecule has 2 heterocycles. The number of hydrogen-bond acceptors (Lipinski definition) is 4. The van der Waals surface area contributed by atoms with E-state index in [1.165, 1.54) is 32.1 Å². The summed E-state index contributed by atoms with van der Waals surface area (Å²) < 4.78 is 5.53. The molecule has 0 aromatic heterocycles. The number of nitrogens with zero attached hydrogens (tertiary/aromatic N) is 1. The van der Waals surface area contributed by atoms with Gasteiger partial charge in [-0.25, -0.2) is 0 Å². The Balaban J connectivity index is 1.53. The summed E-state index contributed by atoms with van der Waals surface area (Å²) in [6, 6.07) is 0.234. The van der Waals surface area contributed by atoms with Crippen LogP contribution in [0.2, 0.25) is 0 Å². The topological polar surface area (TPSA) is 53.6 Å². The highest BCUT2D eigenvalue weighted by atomic mass is 16.5. The molecule has 3 rings (SSSR count). The van der Waals surface area contributed by atoms with E-state index in [4.69, 9.17) is 4.74 Å². The monoisotopic (exact) mass is 323 g/mol. The molecule has 1 amide bonds. The van der Waals surface area contributed by atoms with Gasteiger partial charge in [-0.3, -0.25) is 9.69 Å². The maximum absolute atomic E-state index is 12.4. The largest absolute Gasteiger partial charge is 0.379 e. The van der Waals surface area contributed by atoms with Crippen molar-refractivity contribution in [2.24, 2.45) is 5.92 Å². The minimum Gasteiger partial charge on any atom is -0.379 e. The quantitative estimate of drug-likeness (QED) is 0.778. The Kier molecular flexibility index (Phi) is 5.94. The van der Waals surface area contributed by atoms with Gasteiger partial charge in [0.2, 0.25) is 5.91 Å². The van der Waals surface area contributed by atoms with E-state index in [0.717, 1.165) is 45.8 Å². The number of carbonyl (C=O) groups excluding carboxylic acids is 1. The van der Waals surface area contributed by atoms with Crippen LogP contribution < -0.4 is 10.6 Å². The van der Waals surface area contributed by atoms with E-state index in [-0.39, 0.29) is 17.5 Å². The molecule has 3 aliphatic rings. The first-order chi connectivity index (χ1) is 11.2. The minimum atomic E-state index is 0.161. The summed E-state index contributed by atoms with van der Waals surface area (Å²) in [4.78, 5) is 15.0. The van der Waals surface area contributed by atoms with Crippen molar-refractivity contribution < 1.29 is 9.53 Å². The highest BCUT2D eigenvalue weighted by Gasteiger charge is 2.44. The zero-order chi connectivity index (χ0) is 16.1. The summed E-state index contributed by atoms with van der Waals surface area (Å²) in [5.41, 5.74) is 0.161. The molecular weight excluding hydrogens is 290 g/mol. The molecule has 0 bridgehead atoms. The number of rotatable bonds is 6. The van der Waals surface area contributed by atoms with Crippen LogP contribution in [0.25, 0.3) is 0 Å². The van der Waals surface area contributed by atoms with Gasteiger partial charge in [-0.1, -0.05) is 12.8 Å². The SMILES string of the molecule is CC(NC(=O)CCC1CCNC1)C1(N2CCOCC2)CCCC1. The van der Waals surface area contributed by atoms with Gasteiger partial charge in [-0.15, -0.1) is 0 Å². The van der Waals surface area contributed by atoms with Gasteiger partial charge in [-0.05, 0) is 51.6 Å². The normalized spacial score (nSPS) is 29.5. The lowest BCUT2D eigenvalue weighted by Crippen LogP contribution is -2.62. The molecule has 2 unspecified atom stereocenters. The third kappa shape index (κ3) is 4.06. The molecule has 23 heavy (non-hydrogen) atoms. The second-order valence-corrected chi connectivity index (χ2v) is 7.60. The molecule has 2 saturated heterocycles. The maximum atomic E-state index is 12.4. The summed E-state index contributed by atoms with van der Waals surface area (Å²) in [6.07, 6.45) is 7.91. The molecule has 3 fully saturated rings. The van der Waals surface area contributed by atoms with Crippen molar-refractivity contribution in [2.75, 3.05) is 39.4 Å². The van der Waals surface area contributed by atoms with Crippen LogP contribution in [0.4, 0.5) is 0 Å². The van der Waals surface area contributed by atoms with E-state index in [2.05, 4.69) is 22.5 Å². The van der Waals surface area contributed by atoms with Gasteiger partial charge < -0.3 is 15.4 Å². The van der Waals surface area contributed by atoms with Gasteiger partial charge in [0.15, 0.2) is 0 Å². The molecule has 0 aromatic carbocycles. The summed E-state index contributed by atoms with van der Waals surface area (Å²) in [6.45, 7) is 8.09. The van der Waals surface area contributed by atoms with E-state index in [1.54, 1.807) is 0 Å². The summed E-state index contributed by atoms with van der Waals surface area (Å²) in [7, 11) is 0. The fourth-order valence-corrected chi connectivity index (χ4v) is 4.76. The summed E-state index contributed by atoms with van der Waals surface area (Å²) in [5, 5.41) is 6.72. The number of amides is 1. The van der Waals surface area contributed by atoms with Gasteiger partial charge >= 0.3 is 0 Å². The fraction of sp³-hybridized carbons (Fsp3) is 0.944. The van der Waals surface area contributed by atoms with Crippen LogP contribution in [0.15, 0.2) is 0 Å². The molecule has 2 aliphatic heterocycles. The maximum Gasteiger partial charge on any atom is 0.220 e. The highest BCUT2D eigenvalue weighted by molar-refractivity contribution is 5.76. The van der Waals surface area contributed by atoms with E-state index in [9.17, 15) is 4.79 Å². The number of ether oxygens (including phenoxy) is 1. The lowest BCUT2D eigenvalue weighted by Gasteiger charge is -2.47. The molecule has 1 saturated carbocycles. The minimum absolute atomic E-state index is 0.161. The first-order valence-electron chi connectivity index (χ1n) is 9.53. The second-order valence-electron chi connectivity index (χ2n) is 7.60. The number of morpholine rings is 1. The van der Waals surface area contributed by atoms with Crippen LogP contribution in [0.1, 0.15) is 51.9 Å². The zero-order valence-corrected chi connectivity index (χ0v) is 14.6. The molecule has 2 atom stereocenters. The summed E-state index contributed by atoms with van der Waals surface area (Å²) in [5.74, 6) is 0.930. The zero-order valence-electron chi connectivity index (χ0n) is 14.6. The van der Waals surface area contributed by atoms with Gasteiger partial charge in [-0.2, -0.15) is 0 Å². The van der Waals surface area contributed by atoms with E-state index >= 15 is 0 Å². The Morgan fingerprint density at radius 2 is 2.09 bits per heavy atom. The lowest BCUT2D eigenvalue weighted by atomic mass is 9.86. The van der Waals surface area contributed by atoms with E-state index < -0.39 is 0 Å². The Labute approximate surface area is 140 Å². The van der Waals surface area contributed by atoms with Gasteiger partial charge in [0, 0.05) is 31.1 Å². The molecule has 0 spiro atoms. The fourth-order valence-electron chi connectivity index (χ4n) is 4.76. The van der Waals surface area contributed by atoms with Crippen LogP contribution in [0, 0.1) is 5.92 Å². The van der Waals surface area contributed by atoms with Gasteiger partial charge in [0.25, 0.3) is 0 Å². The van der Waals surface area contributed by atoms with Crippen LogP contribution >= 0.6 is 0 Å². The number of hydrogen-bond donors (Lipinski definition) is 2. The van der Waals surface area contributed by atoms with Crippen molar-refractivity contribution in [1.82, 2.24) is 15.5 Å². The molecule has 1 aliphatic carbocycles. The Bertz CT molecular complexity index is 384. The average molecular weight is 323 g/mol. The Hall–Kier alpha value is -0.650. The second kappa shape index (κ2) is 7.95. The van der Waals surface area contributed by atoms with Crippen LogP contribution in [0.3, 0.4) is 0 Å². The lowest BCUT2D eigenvalue weighted by molar-refractivity contribution is -0.123. The van der Waals surface area contributed by atoms with Crippen molar-refractivity contribution in [3.05, 3.63) is 0 Å². The Morgan fingerprint density at radius 3 is 2.74 bits per heavy atom. The standard InChI is InChI=1S/C18H33N3O2/c1-15(20-17(22)5-4-16-6-9-19-14-16)18(7-2-3-8-18)21-10-12-23-13-11-21/h15-16,19H,2-14H2,1H3,(H,20,22). The summed E-state index contributed by atoms with van der Waals surface area (Å²) >= 11 is 0. The highest BCUT2D eigenvalue weighted by Crippen LogP contribution is 2.38. The van der Waals surface area contributed by atoms with Crippen LogP contribution in [-0.2, 0) is 9.53 Å². The molecule has 2 N–H and O–H groups in total. The molecular formula is C18H33N3O2.